The van der Waals surface area contributed by atoms with E-state index in [0.717, 1.165) is 6.54 Å². The number of hydrogen-bond donors (Lipinski definition) is 0. The van der Waals surface area contributed by atoms with Crippen LogP contribution in [0, 0.1) is 18.3 Å². The van der Waals surface area contributed by atoms with Crippen molar-refractivity contribution in [2.24, 2.45) is 0 Å². The number of nitriles is 1. The Balaban J connectivity index is 2.11. The number of nitrogens with zero attached hydrogens (tertiary/aromatic N) is 2. The molecule has 94 valence electrons. The molecule has 2 nitrogen and oxygen atoms in total. The van der Waals surface area contributed by atoms with Crippen LogP contribution < -0.4 is 4.90 Å². The van der Waals surface area contributed by atoms with Crippen LogP contribution in [0.25, 0.3) is 0 Å². The maximum absolute atomic E-state index is 8.87. The number of anilines is 2. The molecule has 0 aliphatic carbocycles. The summed E-state index contributed by atoms with van der Waals surface area (Å²) in [4.78, 5) is 4.79. The molecule has 0 amide bonds. The van der Waals surface area contributed by atoms with Gasteiger partial charge in [-0.3, -0.25) is 0 Å². The second-order valence-corrected chi connectivity index (χ2v) is 5.68. The van der Waals surface area contributed by atoms with Crippen molar-refractivity contribution < 1.29 is 0 Å². The highest BCUT2D eigenvalue weighted by molar-refractivity contribution is 7.99. The summed E-state index contributed by atoms with van der Waals surface area (Å²) in [5, 5.41) is 8.87. The normalized spacial score (nSPS) is 12.5. The van der Waals surface area contributed by atoms with Gasteiger partial charge in [-0.15, -0.1) is 0 Å². The predicted octanol–water partition coefficient (Wildman–Crippen LogP) is 4.51. The van der Waals surface area contributed by atoms with E-state index in [1.807, 2.05) is 0 Å². The van der Waals surface area contributed by atoms with Gasteiger partial charge in [0.25, 0.3) is 0 Å². The Morgan fingerprint density at radius 2 is 1.89 bits per heavy atom. The van der Waals surface area contributed by atoms with E-state index in [1.54, 1.807) is 11.8 Å². The number of benzene rings is 2. The molecule has 0 saturated heterocycles. The Hall–Kier alpha value is -1.92. The molecule has 0 saturated carbocycles. The third-order valence-electron chi connectivity index (χ3n) is 3.23. The maximum Gasteiger partial charge on any atom is 0.0640 e. The van der Waals surface area contributed by atoms with E-state index in [0.29, 0.717) is 6.42 Å². The molecular formula is C16H14N2S. The minimum absolute atomic E-state index is 0.534. The summed E-state index contributed by atoms with van der Waals surface area (Å²) >= 11 is 1.80. The zero-order chi connectivity index (χ0) is 13.2. The highest BCUT2D eigenvalue weighted by Gasteiger charge is 2.22. The third-order valence-corrected chi connectivity index (χ3v) is 4.36. The summed E-state index contributed by atoms with van der Waals surface area (Å²) < 4.78 is 0. The van der Waals surface area contributed by atoms with Crippen LogP contribution in [-0.2, 0) is 0 Å². The van der Waals surface area contributed by atoms with E-state index >= 15 is 0 Å². The van der Waals surface area contributed by atoms with Gasteiger partial charge in [-0.2, -0.15) is 5.26 Å². The van der Waals surface area contributed by atoms with Crippen LogP contribution >= 0.6 is 11.8 Å². The van der Waals surface area contributed by atoms with E-state index in [1.165, 1.54) is 26.7 Å². The first-order valence-electron chi connectivity index (χ1n) is 6.31. The highest BCUT2D eigenvalue weighted by Crippen LogP contribution is 2.48. The van der Waals surface area contributed by atoms with Gasteiger partial charge in [-0.25, -0.2) is 0 Å². The van der Waals surface area contributed by atoms with Crippen molar-refractivity contribution >= 4 is 23.1 Å². The van der Waals surface area contributed by atoms with Crippen molar-refractivity contribution in [1.82, 2.24) is 0 Å². The Labute approximate surface area is 117 Å². The molecule has 0 aromatic heterocycles. The van der Waals surface area contributed by atoms with Gasteiger partial charge in [0.05, 0.1) is 23.9 Å². The Kier molecular flexibility index (Phi) is 3.18. The van der Waals surface area contributed by atoms with Crippen molar-refractivity contribution in [2.45, 2.75) is 23.1 Å². The van der Waals surface area contributed by atoms with E-state index in [-0.39, 0.29) is 0 Å². The summed E-state index contributed by atoms with van der Waals surface area (Å²) in [5.74, 6) is 0. The van der Waals surface area contributed by atoms with Crippen molar-refractivity contribution in [3.8, 4) is 6.07 Å². The van der Waals surface area contributed by atoms with Gasteiger partial charge in [0, 0.05) is 16.3 Å². The monoisotopic (exact) mass is 266 g/mol. The van der Waals surface area contributed by atoms with Gasteiger partial charge in [-0.05, 0) is 36.8 Å². The van der Waals surface area contributed by atoms with Gasteiger partial charge in [0.1, 0.15) is 0 Å². The second kappa shape index (κ2) is 4.99. The maximum atomic E-state index is 8.87. The minimum Gasteiger partial charge on any atom is -0.339 e. The fourth-order valence-electron chi connectivity index (χ4n) is 2.34. The third kappa shape index (κ3) is 2.20. The van der Waals surface area contributed by atoms with E-state index < -0.39 is 0 Å². The Morgan fingerprint density at radius 1 is 1.11 bits per heavy atom. The molecule has 3 heteroatoms. The summed E-state index contributed by atoms with van der Waals surface area (Å²) in [7, 11) is 0. The van der Waals surface area contributed by atoms with Crippen LogP contribution in [-0.4, -0.2) is 6.54 Å². The topological polar surface area (TPSA) is 27.0 Å². The number of aryl methyl sites for hydroxylation is 1. The molecule has 1 aliphatic rings. The lowest BCUT2D eigenvalue weighted by molar-refractivity contribution is 0.918. The van der Waals surface area contributed by atoms with Crippen LogP contribution in [0.2, 0.25) is 0 Å². The Morgan fingerprint density at radius 3 is 2.74 bits per heavy atom. The lowest BCUT2D eigenvalue weighted by Gasteiger charge is -2.32. The molecule has 0 fully saturated rings. The molecule has 0 N–H and O–H groups in total. The minimum atomic E-state index is 0.534. The molecular weight excluding hydrogens is 252 g/mol. The Bertz CT molecular complexity index is 658. The van der Waals surface area contributed by atoms with Gasteiger partial charge in [0.2, 0.25) is 0 Å². The second-order valence-electron chi connectivity index (χ2n) is 4.60. The summed E-state index contributed by atoms with van der Waals surface area (Å²) in [6.45, 7) is 2.85. The molecule has 19 heavy (non-hydrogen) atoms. The number of para-hydroxylation sites is 1. The molecule has 0 atom stereocenters. The first kappa shape index (κ1) is 12.1. The summed E-state index contributed by atoms with van der Waals surface area (Å²) in [6.07, 6.45) is 0.534. The summed E-state index contributed by atoms with van der Waals surface area (Å²) in [6, 6.07) is 17.1. The van der Waals surface area contributed by atoms with Crippen LogP contribution in [0.3, 0.4) is 0 Å². The zero-order valence-electron chi connectivity index (χ0n) is 10.8. The smallest absolute Gasteiger partial charge is 0.0640 e. The van der Waals surface area contributed by atoms with E-state index in [4.69, 9.17) is 5.26 Å². The number of rotatable bonds is 2. The van der Waals surface area contributed by atoms with Crippen LogP contribution in [0.1, 0.15) is 12.0 Å². The molecule has 2 aromatic carbocycles. The lowest BCUT2D eigenvalue weighted by Crippen LogP contribution is -2.21. The molecule has 0 unspecified atom stereocenters. The average molecular weight is 266 g/mol. The molecule has 2 aromatic rings. The molecule has 0 spiro atoms. The highest BCUT2D eigenvalue weighted by atomic mass is 32.2. The van der Waals surface area contributed by atoms with Crippen molar-refractivity contribution in [2.75, 3.05) is 11.4 Å². The van der Waals surface area contributed by atoms with Gasteiger partial charge in [-0.1, -0.05) is 30.0 Å². The van der Waals surface area contributed by atoms with Gasteiger partial charge >= 0.3 is 0 Å². The van der Waals surface area contributed by atoms with Crippen LogP contribution in [0.4, 0.5) is 11.4 Å². The van der Waals surface area contributed by atoms with E-state index in [2.05, 4.69) is 60.4 Å². The van der Waals surface area contributed by atoms with Crippen LogP contribution in [0.5, 0.6) is 0 Å². The fraction of sp³-hybridized carbons (Fsp3) is 0.188. The average Bonchev–Trinajstić information content (AvgIpc) is 2.44. The number of hydrogen-bond acceptors (Lipinski definition) is 3. The zero-order valence-corrected chi connectivity index (χ0v) is 11.6. The van der Waals surface area contributed by atoms with Crippen molar-refractivity contribution in [1.29, 1.82) is 5.26 Å². The van der Waals surface area contributed by atoms with Crippen molar-refractivity contribution in [3.05, 3.63) is 48.0 Å². The largest absolute Gasteiger partial charge is 0.339 e. The van der Waals surface area contributed by atoms with Gasteiger partial charge < -0.3 is 4.90 Å². The van der Waals surface area contributed by atoms with E-state index in [9.17, 15) is 0 Å². The molecule has 1 heterocycles. The quantitative estimate of drug-likeness (QED) is 0.800. The predicted molar refractivity (Wildman–Crippen MR) is 79.0 cm³/mol. The molecule has 0 bridgehead atoms. The fourth-order valence-corrected chi connectivity index (χ4v) is 3.42. The lowest BCUT2D eigenvalue weighted by atomic mass is 10.1. The first-order valence-corrected chi connectivity index (χ1v) is 7.13. The van der Waals surface area contributed by atoms with Crippen molar-refractivity contribution in [3.63, 3.8) is 0 Å². The molecule has 0 radical (unpaired) electrons. The van der Waals surface area contributed by atoms with Crippen LogP contribution in [0.15, 0.2) is 52.3 Å². The SMILES string of the molecule is Cc1ccc2c(c1)N(CCC#N)c1ccccc1S2. The van der Waals surface area contributed by atoms with Gasteiger partial charge in [0.15, 0.2) is 0 Å². The molecule has 3 rings (SSSR count). The first-order chi connectivity index (χ1) is 9.29. The standard InChI is InChI=1S/C16H14N2S/c1-12-7-8-16-14(11-12)18(10-4-9-17)13-5-2-3-6-15(13)19-16/h2-3,5-8,11H,4,10H2,1H3. The number of fused-ring (bicyclic) bond motifs is 2. The summed E-state index contributed by atoms with van der Waals surface area (Å²) in [5.41, 5.74) is 3.68. The molecule has 1 aliphatic heterocycles.